The molecule has 0 amide bonds. The number of aliphatic imine (C=N–C) groups is 1. The zero-order chi connectivity index (χ0) is 19.1. The van der Waals surface area contributed by atoms with E-state index in [1.165, 1.54) is 18.5 Å². The van der Waals surface area contributed by atoms with E-state index in [1.807, 2.05) is 13.8 Å². The van der Waals surface area contributed by atoms with Gasteiger partial charge in [-0.2, -0.15) is 4.73 Å². The van der Waals surface area contributed by atoms with E-state index in [9.17, 15) is 15.3 Å². The lowest BCUT2D eigenvalue weighted by Crippen LogP contribution is -2.39. The Morgan fingerprint density at radius 3 is 2.63 bits per heavy atom. The van der Waals surface area contributed by atoms with E-state index in [2.05, 4.69) is 4.99 Å². The molecule has 0 spiro atoms. The molecular weight excluding hydrogens is 344 g/mol. The molecule has 0 radical (unpaired) electrons. The quantitative estimate of drug-likeness (QED) is 0.576. The second kappa shape index (κ2) is 6.30. The third kappa shape index (κ3) is 2.74. The average molecular weight is 360 g/mol. The first-order valence-electron chi connectivity index (χ1n) is 8.39. The van der Waals surface area contributed by atoms with E-state index in [1.54, 1.807) is 42.5 Å². The predicted octanol–water partition coefficient (Wildman–Crippen LogP) is 3.45. The highest BCUT2D eigenvalue weighted by atomic mass is 16.5. The average Bonchev–Trinajstić information content (AvgIpc) is 2.65. The van der Waals surface area contributed by atoms with Gasteiger partial charge in [0.15, 0.2) is 11.9 Å². The number of pyridine rings is 1. The summed E-state index contributed by atoms with van der Waals surface area (Å²) in [6, 6.07) is 8.40. The Morgan fingerprint density at radius 1 is 1.11 bits per heavy atom. The monoisotopic (exact) mass is 360 g/mol. The van der Waals surface area contributed by atoms with Crippen molar-refractivity contribution in [3.8, 4) is 0 Å². The largest absolute Gasteiger partial charge is 0.753 e. The molecule has 3 heterocycles. The molecule has 2 aromatic rings. The molecule has 0 fully saturated rings. The van der Waals surface area contributed by atoms with Crippen molar-refractivity contribution in [2.45, 2.75) is 13.8 Å². The third-order valence-corrected chi connectivity index (χ3v) is 4.60. The molecule has 0 N–H and O–H groups in total. The number of hydrogen-bond acceptors (Lipinski definition) is 5. The van der Waals surface area contributed by atoms with Crippen molar-refractivity contribution >= 4 is 17.1 Å². The molecule has 2 aliphatic heterocycles. The number of nitrogens with zero attached hydrogens (tertiary/aromatic N) is 4. The second-order valence-corrected chi connectivity index (χ2v) is 6.35. The summed E-state index contributed by atoms with van der Waals surface area (Å²) in [6.45, 7) is 3.83. The minimum atomic E-state index is 0.0390. The van der Waals surface area contributed by atoms with Crippen molar-refractivity contribution in [1.82, 2.24) is 0 Å². The summed E-state index contributed by atoms with van der Waals surface area (Å²) in [4.78, 5) is 16.9. The van der Waals surface area contributed by atoms with Gasteiger partial charge in [0.25, 0.3) is 5.70 Å². The number of hydroxylamine groups is 1. The topological polar surface area (TPSA) is 85.7 Å². The lowest BCUT2D eigenvalue weighted by atomic mass is 10.0. The first-order valence-corrected chi connectivity index (χ1v) is 8.39. The van der Waals surface area contributed by atoms with Gasteiger partial charge in [-0.05, 0) is 49.2 Å². The SMILES string of the molecule is Cc1cc2c(cc1C)N([O-])C(=C1C=CC=C[N+]1=O)C(c1cccc[n+]1[O-])=N2. The van der Waals surface area contributed by atoms with Gasteiger partial charge in [0.05, 0.1) is 16.1 Å². The lowest BCUT2D eigenvalue weighted by molar-refractivity contribution is -0.606. The van der Waals surface area contributed by atoms with Crippen LogP contribution >= 0.6 is 0 Å². The molecule has 0 unspecified atom stereocenters. The maximum absolute atomic E-state index is 13.3. The summed E-state index contributed by atoms with van der Waals surface area (Å²) >= 11 is 0. The van der Waals surface area contributed by atoms with Crippen LogP contribution in [-0.4, -0.2) is 10.5 Å². The number of rotatable bonds is 1. The van der Waals surface area contributed by atoms with E-state index < -0.39 is 0 Å². The molecule has 0 saturated carbocycles. The van der Waals surface area contributed by atoms with Gasteiger partial charge in [0.2, 0.25) is 11.9 Å². The van der Waals surface area contributed by atoms with Crippen molar-refractivity contribution in [2.24, 2.45) is 4.99 Å². The van der Waals surface area contributed by atoms with E-state index in [4.69, 9.17) is 0 Å². The normalized spacial score (nSPS) is 18.6. The fourth-order valence-corrected chi connectivity index (χ4v) is 3.06. The Labute approximate surface area is 155 Å². The first kappa shape index (κ1) is 16.9. The van der Waals surface area contributed by atoms with Crippen LogP contribution in [0.5, 0.6) is 0 Å². The Hall–Kier alpha value is -3.58. The smallest absolute Gasteiger partial charge is 0.287 e. The molecule has 0 aliphatic carbocycles. The van der Waals surface area contributed by atoms with Gasteiger partial charge in [0.1, 0.15) is 5.70 Å². The number of aryl methyl sites for hydroxylation is 2. The summed E-state index contributed by atoms with van der Waals surface area (Å²) < 4.78 is 1.23. The van der Waals surface area contributed by atoms with E-state index in [-0.39, 0.29) is 22.8 Å². The number of fused-ring (bicyclic) bond motifs is 1. The van der Waals surface area contributed by atoms with E-state index in [0.29, 0.717) is 25.9 Å². The fraction of sp³-hybridized carbons (Fsp3) is 0.100. The standard InChI is InChI=1S/C20H16N4O3/c1-13-11-15-18(12-14(13)2)24(27)20(17-8-4-6-10-23(17)26)19(21-15)16-7-3-5-9-22(16)25/h3-12H,1-2H3. The highest BCUT2D eigenvalue weighted by Crippen LogP contribution is 2.40. The van der Waals surface area contributed by atoms with E-state index >= 15 is 0 Å². The lowest BCUT2D eigenvalue weighted by Gasteiger charge is -2.36. The van der Waals surface area contributed by atoms with Crippen molar-refractivity contribution < 1.29 is 9.49 Å². The molecule has 0 atom stereocenters. The van der Waals surface area contributed by atoms with Gasteiger partial charge in [0, 0.05) is 29.2 Å². The maximum Gasteiger partial charge on any atom is 0.287 e. The predicted molar refractivity (Wildman–Crippen MR) is 102 cm³/mol. The summed E-state index contributed by atoms with van der Waals surface area (Å²) in [5.41, 5.74) is 3.24. The Bertz CT molecular complexity index is 1100. The Balaban J connectivity index is 2.05. The molecule has 1 aromatic carbocycles. The Morgan fingerprint density at radius 2 is 1.89 bits per heavy atom. The number of nitroso groups, excluding NO2 is 1. The van der Waals surface area contributed by atoms with Gasteiger partial charge >= 0.3 is 0 Å². The van der Waals surface area contributed by atoms with Crippen LogP contribution in [0.4, 0.5) is 11.4 Å². The molecule has 4 rings (SSSR count). The minimum absolute atomic E-state index is 0.0390. The fourth-order valence-electron chi connectivity index (χ4n) is 3.06. The van der Waals surface area contributed by atoms with Gasteiger partial charge in [-0.25, -0.2) is 4.99 Å². The highest BCUT2D eigenvalue weighted by molar-refractivity contribution is 6.17. The zero-order valence-corrected chi connectivity index (χ0v) is 14.8. The number of hydrogen-bond donors (Lipinski definition) is 0. The first-order chi connectivity index (χ1) is 13.0. The molecule has 0 bridgehead atoms. The summed E-state index contributed by atoms with van der Waals surface area (Å²) in [6.07, 6.45) is 7.40. The molecule has 1 aromatic heterocycles. The Kier molecular flexibility index (Phi) is 3.93. The minimum Gasteiger partial charge on any atom is -0.753 e. The van der Waals surface area contributed by atoms with Crippen molar-refractivity contribution in [3.05, 3.63) is 104 Å². The molecule has 134 valence electrons. The van der Waals surface area contributed by atoms with Gasteiger partial charge in [-0.3, -0.25) is 0 Å². The number of allylic oxidation sites excluding steroid dienone is 4. The van der Waals surface area contributed by atoms with Crippen LogP contribution in [0.2, 0.25) is 0 Å². The summed E-state index contributed by atoms with van der Waals surface area (Å²) in [5.74, 6) is 0. The molecule has 2 aliphatic rings. The van der Waals surface area contributed by atoms with Gasteiger partial charge < -0.3 is 15.5 Å². The number of anilines is 1. The molecule has 7 nitrogen and oxygen atoms in total. The maximum atomic E-state index is 13.3. The summed E-state index contributed by atoms with van der Waals surface area (Å²) in [7, 11) is 0. The molecule has 27 heavy (non-hydrogen) atoms. The zero-order valence-electron chi connectivity index (χ0n) is 14.8. The second-order valence-electron chi connectivity index (χ2n) is 6.35. The number of aromatic nitrogens is 1. The van der Waals surface area contributed by atoms with Crippen LogP contribution < -0.4 is 9.79 Å². The van der Waals surface area contributed by atoms with Gasteiger partial charge in [-0.15, -0.1) is 0 Å². The van der Waals surface area contributed by atoms with Gasteiger partial charge in [-0.1, -0.05) is 0 Å². The summed E-state index contributed by atoms with van der Waals surface area (Å²) in [5, 5.41) is 26.3. The van der Waals surface area contributed by atoms with Crippen LogP contribution in [0.25, 0.3) is 0 Å². The van der Waals surface area contributed by atoms with Crippen LogP contribution in [0.1, 0.15) is 16.8 Å². The number of benzene rings is 1. The van der Waals surface area contributed by atoms with Crippen LogP contribution in [0.15, 0.2) is 77.3 Å². The third-order valence-electron chi connectivity index (χ3n) is 4.60. The van der Waals surface area contributed by atoms with Crippen LogP contribution in [-0.2, 0) is 0 Å². The van der Waals surface area contributed by atoms with Crippen molar-refractivity contribution in [2.75, 3.05) is 5.06 Å². The van der Waals surface area contributed by atoms with Crippen LogP contribution in [0, 0.1) is 29.2 Å². The van der Waals surface area contributed by atoms with Crippen molar-refractivity contribution in [1.29, 1.82) is 0 Å². The molecule has 7 heteroatoms. The highest BCUT2D eigenvalue weighted by Gasteiger charge is 2.34. The van der Waals surface area contributed by atoms with Crippen LogP contribution in [0.3, 0.4) is 0 Å². The van der Waals surface area contributed by atoms with Crippen molar-refractivity contribution in [3.63, 3.8) is 0 Å². The molecular formula is C20H16N4O3. The molecule has 0 saturated heterocycles. The van der Waals surface area contributed by atoms with E-state index in [0.717, 1.165) is 11.1 Å².